The van der Waals surface area contributed by atoms with Crippen LogP contribution in [0.4, 0.5) is 5.69 Å². The van der Waals surface area contributed by atoms with Gasteiger partial charge in [-0.25, -0.2) is 0 Å². The Morgan fingerprint density at radius 3 is 2.64 bits per heavy atom. The first kappa shape index (κ1) is 15.6. The fraction of sp³-hybridized carbons (Fsp3) is 0.176. The van der Waals surface area contributed by atoms with Gasteiger partial charge in [-0.05, 0) is 61.7 Å². The second-order valence-corrected chi connectivity index (χ2v) is 5.15. The Bertz CT molecular complexity index is 752. The molecule has 2 aromatic carbocycles. The number of hydrazone groups is 1. The predicted molar refractivity (Wildman–Crippen MR) is 88.4 cm³/mol. The molecular weight excluding hydrogens is 278 g/mol. The molecule has 5 heteroatoms. The van der Waals surface area contributed by atoms with E-state index in [0.717, 1.165) is 11.3 Å². The zero-order valence-corrected chi connectivity index (χ0v) is 12.8. The summed E-state index contributed by atoms with van der Waals surface area (Å²) in [5.41, 5.74) is 13.0. The molecule has 0 radical (unpaired) electrons. The summed E-state index contributed by atoms with van der Waals surface area (Å²) in [7, 11) is 0. The normalized spacial score (nSPS) is 11.3. The highest BCUT2D eigenvalue weighted by atomic mass is 16.3. The Morgan fingerprint density at radius 1 is 1.23 bits per heavy atom. The number of rotatable bonds is 4. The van der Waals surface area contributed by atoms with Crippen LogP contribution in [-0.4, -0.2) is 16.7 Å². The third-order valence-electron chi connectivity index (χ3n) is 3.63. The monoisotopic (exact) mass is 297 g/mol. The summed E-state index contributed by atoms with van der Waals surface area (Å²) in [5, 5.41) is 13.9. The van der Waals surface area contributed by atoms with Gasteiger partial charge in [0, 0.05) is 0 Å². The number of hydrogen-bond acceptors (Lipinski definition) is 4. The van der Waals surface area contributed by atoms with E-state index in [0.29, 0.717) is 11.3 Å². The molecule has 0 aliphatic heterocycles. The van der Waals surface area contributed by atoms with E-state index in [1.165, 1.54) is 17.7 Å². The van der Waals surface area contributed by atoms with Crippen molar-refractivity contribution >= 4 is 17.3 Å². The van der Waals surface area contributed by atoms with E-state index in [-0.39, 0.29) is 11.3 Å². The summed E-state index contributed by atoms with van der Waals surface area (Å²) in [6.45, 7) is 5.87. The average molecular weight is 297 g/mol. The minimum absolute atomic E-state index is 0.0822. The first-order chi connectivity index (χ1) is 10.4. The fourth-order valence-electron chi connectivity index (χ4n) is 2.04. The molecule has 0 aliphatic rings. The second kappa shape index (κ2) is 6.30. The first-order valence-corrected chi connectivity index (χ1v) is 6.90. The Balaban J connectivity index is 2.28. The van der Waals surface area contributed by atoms with Gasteiger partial charge >= 0.3 is 0 Å². The molecule has 0 spiro atoms. The number of nitrogens with one attached hydrogen (secondary N) is 1. The van der Waals surface area contributed by atoms with E-state index in [4.69, 9.17) is 5.73 Å². The van der Waals surface area contributed by atoms with E-state index in [2.05, 4.69) is 10.5 Å². The van der Waals surface area contributed by atoms with Crippen molar-refractivity contribution in [2.45, 2.75) is 20.8 Å². The Hall–Kier alpha value is -2.82. The zero-order valence-electron chi connectivity index (χ0n) is 12.8. The molecule has 114 valence electrons. The largest absolute Gasteiger partial charge is 0.507 e. The molecule has 0 heterocycles. The summed E-state index contributed by atoms with van der Waals surface area (Å²) in [6, 6.07) is 10.6. The highest BCUT2D eigenvalue weighted by molar-refractivity contribution is 6.03. The highest BCUT2D eigenvalue weighted by Gasteiger charge is 2.09. The lowest BCUT2D eigenvalue weighted by atomic mass is 10.1. The molecule has 0 saturated carbocycles. The van der Waals surface area contributed by atoms with E-state index in [9.17, 15) is 9.90 Å². The lowest BCUT2D eigenvalue weighted by Gasteiger charge is -2.09. The summed E-state index contributed by atoms with van der Waals surface area (Å²) < 4.78 is 0. The van der Waals surface area contributed by atoms with Gasteiger partial charge in [0.1, 0.15) is 5.75 Å². The van der Waals surface area contributed by atoms with Crippen LogP contribution in [0.5, 0.6) is 5.75 Å². The second-order valence-electron chi connectivity index (χ2n) is 5.15. The molecule has 4 N–H and O–H groups in total. The van der Waals surface area contributed by atoms with Crippen LogP contribution in [-0.2, 0) is 0 Å². The molecule has 22 heavy (non-hydrogen) atoms. The molecule has 0 aliphatic carbocycles. The van der Waals surface area contributed by atoms with Crippen LogP contribution in [0.2, 0.25) is 0 Å². The lowest BCUT2D eigenvalue weighted by molar-refractivity contribution is 0.0998. The first-order valence-electron chi connectivity index (χ1n) is 6.90. The van der Waals surface area contributed by atoms with E-state index < -0.39 is 5.91 Å². The van der Waals surface area contributed by atoms with Gasteiger partial charge in [-0.2, -0.15) is 5.10 Å². The van der Waals surface area contributed by atoms with E-state index in [1.54, 1.807) is 6.07 Å². The molecule has 0 saturated heterocycles. The number of carbonyl (C=O) groups excluding carboxylic acids is 1. The number of nitrogens with two attached hydrogens (primary N) is 1. The quantitative estimate of drug-likeness (QED) is 0.599. The van der Waals surface area contributed by atoms with Crippen molar-refractivity contribution in [3.8, 4) is 5.75 Å². The van der Waals surface area contributed by atoms with Gasteiger partial charge in [0.05, 0.1) is 17.0 Å². The lowest BCUT2D eigenvalue weighted by Crippen LogP contribution is -2.12. The maximum Gasteiger partial charge on any atom is 0.252 e. The van der Waals surface area contributed by atoms with Gasteiger partial charge in [0.25, 0.3) is 5.91 Å². The Labute approximate surface area is 129 Å². The molecule has 1 amide bonds. The molecule has 2 aromatic rings. The number of primary amides is 1. The average Bonchev–Trinajstić information content (AvgIpc) is 2.48. The SMILES string of the molecule is CC(=NNc1cccc(C)c1C)c1ccc(O)c(C(N)=O)c1. The maximum atomic E-state index is 11.3. The number of benzene rings is 2. The number of aryl methyl sites for hydroxylation is 1. The van der Waals surface area contributed by atoms with Crippen molar-refractivity contribution in [1.82, 2.24) is 0 Å². The molecule has 0 aromatic heterocycles. The smallest absolute Gasteiger partial charge is 0.252 e. The van der Waals surface area contributed by atoms with Gasteiger partial charge < -0.3 is 10.8 Å². The maximum absolute atomic E-state index is 11.3. The standard InChI is InChI=1S/C17H19N3O2/c1-10-5-4-6-15(11(10)2)20-19-12(3)13-7-8-16(21)14(9-13)17(18)22/h4-9,20-21H,1-3H3,(H2,18,22). The van der Waals surface area contributed by atoms with Crippen LogP contribution in [0, 0.1) is 13.8 Å². The number of nitrogens with zero attached hydrogens (tertiary/aromatic N) is 1. The molecule has 2 rings (SSSR count). The Morgan fingerprint density at radius 2 is 1.95 bits per heavy atom. The number of amides is 1. The topological polar surface area (TPSA) is 87.7 Å². The van der Waals surface area contributed by atoms with Crippen LogP contribution in [0.3, 0.4) is 0 Å². The summed E-state index contributed by atoms with van der Waals surface area (Å²) in [4.78, 5) is 11.3. The number of carbonyl (C=O) groups is 1. The van der Waals surface area contributed by atoms with Gasteiger partial charge in [-0.15, -0.1) is 0 Å². The van der Waals surface area contributed by atoms with Gasteiger partial charge in [0.2, 0.25) is 0 Å². The van der Waals surface area contributed by atoms with Crippen LogP contribution in [0.15, 0.2) is 41.5 Å². The van der Waals surface area contributed by atoms with Gasteiger partial charge in [0.15, 0.2) is 0 Å². The van der Waals surface area contributed by atoms with Crippen molar-refractivity contribution in [3.63, 3.8) is 0 Å². The Kier molecular flexibility index (Phi) is 4.46. The van der Waals surface area contributed by atoms with Crippen LogP contribution < -0.4 is 11.2 Å². The molecular formula is C17H19N3O2. The third-order valence-corrected chi connectivity index (χ3v) is 3.63. The third kappa shape index (κ3) is 3.25. The van der Waals surface area contributed by atoms with Crippen molar-refractivity contribution < 1.29 is 9.90 Å². The summed E-state index contributed by atoms with van der Waals surface area (Å²) in [5.74, 6) is -0.804. The van der Waals surface area contributed by atoms with Crippen molar-refractivity contribution in [2.75, 3.05) is 5.43 Å². The van der Waals surface area contributed by atoms with Gasteiger partial charge in [-0.1, -0.05) is 12.1 Å². The fourth-order valence-corrected chi connectivity index (χ4v) is 2.04. The van der Waals surface area contributed by atoms with Crippen molar-refractivity contribution in [1.29, 1.82) is 0 Å². The minimum Gasteiger partial charge on any atom is -0.507 e. The molecule has 0 atom stereocenters. The molecule has 0 bridgehead atoms. The molecule has 0 fully saturated rings. The highest BCUT2D eigenvalue weighted by Crippen LogP contribution is 2.20. The minimum atomic E-state index is -0.672. The number of hydrogen-bond donors (Lipinski definition) is 3. The van der Waals surface area contributed by atoms with Crippen LogP contribution in [0.25, 0.3) is 0 Å². The zero-order chi connectivity index (χ0) is 16.3. The van der Waals surface area contributed by atoms with Crippen LogP contribution in [0.1, 0.15) is 34.0 Å². The van der Waals surface area contributed by atoms with E-state index in [1.807, 2.05) is 39.0 Å². The van der Waals surface area contributed by atoms with Gasteiger partial charge in [-0.3, -0.25) is 10.2 Å². The summed E-state index contributed by atoms with van der Waals surface area (Å²) >= 11 is 0. The van der Waals surface area contributed by atoms with E-state index >= 15 is 0 Å². The molecule has 0 unspecified atom stereocenters. The van der Waals surface area contributed by atoms with Crippen LogP contribution >= 0.6 is 0 Å². The van der Waals surface area contributed by atoms with Crippen molar-refractivity contribution in [3.05, 3.63) is 58.7 Å². The molecule has 5 nitrogen and oxygen atoms in total. The number of aromatic hydroxyl groups is 1. The summed E-state index contributed by atoms with van der Waals surface area (Å²) in [6.07, 6.45) is 0. The predicted octanol–water partition coefficient (Wildman–Crippen LogP) is 2.94. The number of phenols is 1. The number of anilines is 1. The van der Waals surface area contributed by atoms with Crippen molar-refractivity contribution in [2.24, 2.45) is 10.8 Å².